The third-order valence-corrected chi connectivity index (χ3v) is 4.56. The molecule has 0 aliphatic carbocycles. The Morgan fingerprint density at radius 3 is 2.60 bits per heavy atom. The topological polar surface area (TPSA) is 29.9 Å². The molecule has 2 rings (SSSR count). The molecule has 20 heavy (non-hydrogen) atoms. The van der Waals surface area contributed by atoms with Crippen molar-refractivity contribution >= 4 is 15.9 Å². The number of hydrogen-bond acceptors (Lipinski definition) is 2. The minimum Gasteiger partial charge on any atom is -0.313 e. The number of benzene rings is 1. The van der Waals surface area contributed by atoms with E-state index in [2.05, 4.69) is 65.3 Å². The van der Waals surface area contributed by atoms with Crippen LogP contribution in [0.3, 0.4) is 0 Å². The maximum atomic E-state index is 4.64. The van der Waals surface area contributed by atoms with Gasteiger partial charge in [-0.25, -0.2) is 4.68 Å². The van der Waals surface area contributed by atoms with Crippen molar-refractivity contribution in [3.05, 3.63) is 45.2 Å². The molecule has 3 nitrogen and oxygen atoms in total. The monoisotopic (exact) mass is 335 g/mol. The van der Waals surface area contributed by atoms with Crippen molar-refractivity contribution in [3.8, 4) is 5.69 Å². The zero-order valence-electron chi connectivity index (χ0n) is 12.6. The lowest BCUT2D eigenvalue weighted by Crippen LogP contribution is -2.16. The van der Waals surface area contributed by atoms with Crippen LogP contribution in [0.15, 0.2) is 22.7 Å². The molecule has 1 N–H and O–H groups in total. The summed E-state index contributed by atoms with van der Waals surface area (Å²) in [4.78, 5) is 0. The quantitative estimate of drug-likeness (QED) is 0.835. The molecule has 0 unspecified atom stereocenters. The summed E-state index contributed by atoms with van der Waals surface area (Å²) in [7, 11) is 0. The standard InChI is InChI=1S/C16H22BrN3/c1-5-8-18-10-14-9-11(2)6-7-15(14)20-13(4)16(17)12(3)19-20/h6-7,9,18H,5,8,10H2,1-4H3. The van der Waals surface area contributed by atoms with Crippen LogP contribution in [0.25, 0.3) is 5.69 Å². The Labute approximate surface area is 129 Å². The van der Waals surface area contributed by atoms with Gasteiger partial charge in [0, 0.05) is 6.54 Å². The van der Waals surface area contributed by atoms with Gasteiger partial charge >= 0.3 is 0 Å². The van der Waals surface area contributed by atoms with Crippen molar-refractivity contribution in [1.29, 1.82) is 0 Å². The zero-order chi connectivity index (χ0) is 14.7. The molecule has 1 aromatic carbocycles. The van der Waals surface area contributed by atoms with Gasteiger partial charge in [-0.2, -0.15) is 5.10 Å². The van der Waals surface area contributed by atoms with E-state index < -0.39 is 0 Å². The summed E-state index contributed by atoms with van der Waals surface area (Å²) in [5, 5.41) is 8.12. The normalized spacial score (nSPS) is 11.1. The van der Waals surface area contributed by atoms with Crippen LogP contribution in [-0.4, -0.2) is 16.3 Å². The highest BCUT2D eigenvalue weighted by atomic mass is 79.9. The number of halogens is 1. The Morgan fingerprint density at radius 1 is 1.25 bits per heavy atom. The van der Waals surface area contributed by atoms with Crippen LogP contribution < -0.4 is 5.32 Å². The van der Waals surface area contributed by atoms with Crippen molar-refractivity contribution in [2.24, 2.45) is 0 Å². The molecule has 1 aromatic heterocycles. The zero-order valence-corrected chi connectivity index (χ0v) is 14.2. The number of hydrogen-bond donors (Lipinski definition) is 1. The van der Waals surface area contributed by atoms with Gasteiger partial charge in [0.05, 0.1) is 21.5 Å². The van der Waals surface area contributed by atoms with Crippen molar-refractivity contribution < 1.29 is 0 Å². The van der Waals surface area contributed by atoms with Gasteiger partial charge in [0.25, 0.3) is 0 Å². The second-order valence-electron chi connectivity index (χ2n) is 5.21. The molecule has 0 saturated carbocycles. The number of aromatic nitrogens is 2. The molecule has 0 fully saturated rings. The van der Waals surface area contributed by atoms with Gasteiger partial charge in [-0.1, -0.05) is 24.6 Å². The Hall–Kier alpha value is -1.13. The van der Waals surface area contributed by atoms with Crippen LogP contribution in [-0.2, 0) is 6.54 Å². The van der Waals surface area contributed by atoms with E-state index in [-0.39, 0.29) is 0 Å². The molecule has 0 radical (unpaired) electrons. The highest BCUT2D eigenvalue weighted by Gasteiger charge is 2.13. The average molecular weight is 336 g/mol. The summed E-state index contributed by atoms with van der Waals surface area (Å²) in [5.41, 5.74) is 5.89. The van der Waals surface area contributed by atoms with E-state index in [1.165, 1.54) is 11.1 Å². The first kappa shape index (κ1) is 15.3. The number of nitrogens with one attached hydrogen (secondary N) is 1. The van der Waals surface area contributed by atoms with E-state index in [0.717, 1.165) is 41.1 Å². The Morgan fingerprint density at radius 2 is 2.00 bits per heavy atom. The molecule has 2 aromatic rings. The molecular formula is C16H22BrN3. The Bertz CT molecular complexity index is 602. The summed E-state index contributed by atoms with van der Waals surface area (Å²) in [6, 6.07) is 6.54. The fourth-order valence-electron chi connectivity index (χ4n) is 2.32. The summed E-state index contributed by atoms with van der Waals surface area (Å²) in [5.74, 6) is 0. The van der Waals surface area contributed by atoms with Gasteiger partial charge in [0.15, 0.2) is 0 Å². The molecule has 0 aliphatic rings. The molecule has 0 atom stereocenters. The second-order valence-corrected chi connectivity index (χ2v) is 6.00. The van der Waals surface area contributed by atoms with Gasteiger partial charge < -0.3 is 5.32 Å². The van der Waals surface area contributed by atoms with Gasteiger partial charge in [-0.15, -0.1) is 0 Å². The molecule has 0 aliphatic heterocycles. The van der Waals surface area contributed by atoms with E-state index in [9.17, 15) is 0 Å². The molecule has 0 amide bonds. The summed E-state index contributed by atoms with van der Waals surface area (Å²) in [6.07, 6.45) is 1.15. The number of rotatable bonds is 5. The lowest BCUT2D eigenvalue weighted by atomic mass is 10.1. The van der Waals surface area contributed by atoms with Gasteiger partial charge in [0.1, 0.15) is 0 Å². The molecule has 108 valence electrons. The van der Waals surface area contributed by atoms with Crippen LogP contribution in [0.4, 0.5) is 0 Å². The first-order valence-corrected chi connectivity index (χ1v) is 7.86. The molecule has 0 saturated heterocycles. The third kappa shape index (κ3) is 3.13. The second kappa shape index (κ2) is 6.55. The Kier molecular flexibility index (Phi) is 5.00. The SMILES string of the molecule is CCCNCc1cc(C)ccc1-n1nc(C)c(Br)c1C. The van der Waals surface area contributed by atoms with E-state index in [1.807, 2.05) is 11.6 Å². The van der Waals surface area contributed by atoms with Gasteiger partial charge in [-0.3, -0.25) is 0 Å². The first-order chi connectivity index (χ1) is 9.54. The highest BCUT2D eigenvalue weighted by Crippen LogP contribution is 2.25. The van der Waals surface area contributed by atoms with Crippen LogP contribution in [0, 0.1) is 20.8 Å². The molecule has 1 heterocycles. The molecular weight excluding hydrogens is 314 g/mol. The maximum Gasteiger partial charge on any atom is 0.0743 e. The van der Waals surface area contributed by atoms with E-state index in [0.29, 0.717) is 0 Å². The molecule has 0 spiro atoms. The predicted molar refractivity (Wildman–Crippen MR) is 87.5 cm³/mol. The smallest absolute Gasteiger partial charge is 0.0743 e. The molecule has 4 heteroatoms. The van der Waals surface area contributed by atoms with Crippen molar-refractivity contribution in [3.63, 3.8) is 0 Å². The van der Waals surface area contributed by atoms with Gasteiger partial charge in [-0.05, 0) is 61.3 Å². The van der Waals surface area contributed by atoms with Crippen molar-refractivity contribution in [2.45, 2.75) is 40.7 Å². The largest absolute Gasteiger partial charge is 0.313 e. The van der Waals surface area contributed by atoms with E-state index in [1.54, 1.807) is 0 Å². The van der Waals surface area contributed by atoms with Crippen LogP contribution in [0.2, 0.25) is 0 Å². The van der Waals surface area contributed by atoms with E-state index in [4.69, 9.17) is 0 Å². The van der Waals surface area contributed by atoms with E-state index >= 15 is 0 Å². The summed E-state index contributed by atoms with van der Waals surface area (Å²) < 4.78 is 3.12. The van der Waals surface area contributed by atoms with Crippen LogP contribution in [0.1, 0.15) is 35.9 Å². The third-order valence-electron chi connectivity index (χ3n) is 3.41. The lowest BCUT2D eigenvalue weighted by molar-refractivity contribution is 0.668. The fourth-order valence-corrected chi connectivity index (χ4v) is 2.57. The highest BCUT2D eigenvalue weighted by molar-refractivity contribution is 9.10. The predicted octanol–water partition coefficient (Wildman–Crippen LogP) is 4.06. The molecule has 0 bridgehead atoms. The number of aryl methyl sites for hydroxylation is 2. The first-order valence-electron chi connectivity index (χ1n) is 7.07. The lowest BCUT2D eigenvalue weighted by Gasteiger charge is -2.13. The maximum absolute atomic E-state index is 4.64. The van der Waals surface area contributed by atoms with Gasteiger partial charge in [0.2, 0.25) is 0 Å². The number of nitrogens with zero attached hydrogens (tertiary/aromatic N) is 2. The summed E-state index contributed by atoms with van der Waals surface area (Å²) >= 11 is 3.60. The minimum atomic E-state index is 0.876. The minimum absolute atomic E-state index is 0.876. The average Bonchev–Trinajstić information content (AvgIpc) is 2.67. The Balaban J connectivity index is 2.42. The van der Waals surface area contributed by atoms with Crippen LogP contribution >= 0.6 is 15.9 Å². The van der Waals surface area contributed by atoms with Crippen LogP contribution in [0.5, 0.6) is 0 Å². The van der Waals surface area contributed by atoms with Crippen molar-refractivity contribution in [1.82, 2.24) is 15.1 Å². The fraction of sp³-hybridized carbons (Fsp3) is 0.438. The summed E-state index contributed by atoms with van der Waals surface area (Å²) in [6.45, 7) is 10.3. The van der Waals surface area contributed by atoms with Crippen molar-refractivity contribution in [2.75, 3.05) is 6.54 Å².